The van der Waals surface area contributed by atoms with E-state index in [0.29, 0.717) is 31.7 Å². The molecule has 8 nitrogen and oxygen atoms in total. The van der Waals surface area contributed by atoms with Crippen LogP contribution in [0.2, 0.25) is 0 Å². The van der Waals surface area contributed by atoms with Gasteiger partial charge in [-0.1, -0.05) is 18.2 Å². The van der Waals surface area contributed by atoms with Crippen LogP contribution in [-0.4, -0.2) is 70.7 Å². The lowest BCUT2D eigenvalue weighted by Crippen LogP contribution is -2.65. The van der Waals surface area contributed by atoms with Crippen LogP contribution in [0.5, 0.6) is 11.5 Å². The lowest BCUT2D eigenvalue weighted by molar-refractivity contribution is -0.141. The molecular weight excluding hydrogens is 568 g/mol. The van der Waals surface area contributed by atoms with E-state index in [1.165, 1.54) is 19.2 Å². The van der Waals surface area contributed by atoms with Crippen molar-refractivity contribution < 1.29 is 36.6 Å². The number of hydrogen-bond acceptors (Lipinski definition) is 8. The van der Waals surface area contributed by atoms with E-state index in [4.69, 9.17) is 14.2 Å². The van der Waals surface area contributed by atoms with Crippen LogP contribution in [0.4, 0.5) is 34.6 Å². The van der Waals surface area contributed by atoms with Crippen molar-refractivity contribution in [3.05, 3.63) is 77.6 Å². The minimum atomic E-state index is -4.59. The Bertz CT molecular complexity index is 1450. The Morgan fingerprint density at radius 3 is 2.37 bits per heavy atom. The second kappa shape index (κ2) is 12.6. The van der Waals surface area contributed by atoms with Crippen molar-refractivity contribution in [2.24, 2.45) is 0 Å². The smallest absolute Gasteiger partial charge is 0.416 e. The predicted molar refractivity (Wildman–Crippen MR) is 155 cm³/mol. The molecule has 1 saturated heterocycles. The second-order valence-electron chi connectivity index (χ2n) is 10.3. The summed E-state index contributed by atoms with van der Waals surface area (Å²) in [5.41, 5.74) is 1.06. The van der Waals surface area contributed by atoms with Crippen molar-refractivity contribution in [1.82, 2.24) is 4.90 Å². The molecule has 0 N–H and O–H groups in total. The molecule has 3 aromatic carbocycles. The Labute approximate surface area is 247 Å². The normalized spacial score (nSPS) is 17.5. The van der Waals surface area contributed by atoms with Gasteiger partial charge in [0.2, 0.25) is 0 Å². The van der Waals surface area contributed by atoms with E-state index in [0.717, 1.165) is 23.6 Å². The van der Waals surface area contributed by atoms with Crippen LogP contribution in [0.25, 0.3) is 0 Å². The van der Waals surface area contributed by atoms with Gasteiger partial charge in [0.05, 0.1) is 37.8 Å². The Morgan fingerprint density at radius 1 is 0.953 bits per heavy atom. The van der Waals surface area contributed by atoms with Crippen LogP contribution >= 0.6 is 0 Å². The third-order valence-corrected chi connectivity index (χ3v) is 7.74. The summed E-state index contributed by atoms with van der Waals surface area (Å²) in [7, 11) is 2.99. The molecule has 2 aliphatic heterocycles. The maximum absolute atomic E-state index is 15.5. The molecule has 0 bridgehead atoms. The number of carbonyl (C=O) groups is 1. The monoisotopic (exact) mass is 602 g/mol. The van der Waals surface area contributed by atoms with E-state index in [9.17, 15) is 18.0 Å². The van der Waals surface area contributed by atoms with E-state index in [1.54, 1.807) is 36.0 Å². The molecule has 0 saturated carbocycles. The highest BCUT2D eigenvalue weighted by Crippen LogP contribution is 2.43. The maximum atomic E-state index is 15.5. The van der Waals surface area contributed by atoms with E-state index in [-0.39, 0.29) is 36.8 Å². The third kappa shape index (κ3) is 6.29. The van der Waals surface area contributed by atoms with Crippen molar-refractivity contribution in [1.29, 1.82) is 0 Å². The predicted octanol–water partition coefficient (Wildman–Crippen LogP) is 5.36. The average Bonchev–Trinajstić information content (AvgIpc) is 3.00. The number of nitrogens with zero attached hydrogens (tertiary/aromatic N) is 4. The van der Waals surface area contributed by atoms with Gasteiger partial charge < -0.3 is 28.9 Å². The molecule has 1 unspecified atom stereocenters. The zero-order chi connectivity index (χ0) is 30.7. The Hall–Kier alpha value is -4.19. The summed E-state index contributed by atoms with van der Waals surface area (Å²) in [6, 6.07) is 15.6. The van der Waals surface area contributed by atoms with Crippen LogP contribution < -0.4 is 24.2 Å². The number of anilines is 3. The van der Waals surface area contributed by atoms with Crippen molar-refractivity contribution in [3.8, 4) is 11.5 Å². The quantitative estimate of drug-likeness (QED) is 0.253. The van der Waals surface area contributed by atoms with Gasteiger partial charge in [0, 0.05) is 44.5 Å². The molecule has 0 aliphatic carbocycles. The second-order valence-corrected chi connectivity index (χ2v) is 10.3. The zero-order valence-corrected chi connectivity index (χ0v) is 24.2. The third-order valence-electron chi connectivity index (χ3n) is 7.74. The Kier molecular flexibility index (Phi) is 8.86. The summed E-state index contributed by atoms with van der Waals surface area (Å²) in [6.07, 6.45) is -5.41. The Balaban J connectivity index is 1.58. The van der Waals surface area contributed by atoms with E-state index < -0.39 is 29.8 Å². The minimum absolute atomic E-state index is 0.0881. The number of alkyl halides is 3. The fourth-order valence-electron chi connectivity index (χ4n) is 5.78. The Morgan fingerprint density at radius 2 is 1.70 bits per heavy atom. The van der Waals surface area contributed by atoms with Crippen molar-refractivity contribution in [3.63, 3.8) is 0 Å². The summed E-state index contributed by atoms with van der Waals surface area (Å²) in [6.45, 7) is 3.70. The van der Waals surface area contributed by atoms with Gasteiger partial charge in [-0.3, -0.25) is 9.69 Å². The molecule has 0 amide bonds. The van der Waals surface area contributed by atoms with Crippen LogP contribution in [0.1, 0.15) is 18.1 Å². The first-order chi connectivity index (χ1) is 20.6. The lowest BCUT2D eigenvalue weighted by Gasteiger charge is -2.52. The molecule has 2 heterocycles. The number of esters is 1. The van der Waals surface area contributed by atoms with Crippen LogP contribution in [0, 0.1) is 5.82 Å². The SMILES string of the molecule is CCOC(=O)CN1c2c(F)cccc2CN(c2cc(C(F)(F)F)ccc2OC)C1N1CCN(c2cccc(OC)c2)CC1. The van der Waals surface area contributed by atoms with Crippen LogP contribution in [0.15, 0.2) is 60.7 Å². The lowest BCUT2D eigenvalue weighted by atomic mass is 10.0. The number of hydrogen-bond donors (Lipinski definition) is 0. The zero-order valence-electron chi connectivity index (χ0n) is 24.2. The summed E-state index contributed by atoms with van der Waals surface area (Å²) in [5.74, 6) is -0.154. The molecule has 0 aromatic heterocycles. The molecular formula is C31H34F4N4O4. The number of halogens is 4. The molecule has 230 valence electrons. The van der Waals surface area contributed by atoms with Gasteiger partial charge in [-0.05, 0) is 48.9 Å². The average molecular weight is 603 g/mol. The minimum Gasteiger partial charge on any atom is -0.497 e. The number of ether oxygens (including phenoxy) is 3. The van der Waals surface area contributed by atoms with Crippen molar-refractivity contribution in [2.45, 2.75) is 25.9 Å². The molecule has 3 aromatic rings. The molecule has 1 fully saturated rings. The highest BCUT2D eigenvalue weighted by Gasteiger charge is 2.42. The van der Waals surface area contributed by atoms with E-state index in [2.05, 4.69) is 4.90 Å². The standard InChI is InChI=1S/C31H34F4N4O4/c1-4-43-28(40)20-39-29-21(7-5-10-25(29)32)19-38(26-17-22(31(33,34)35)11-12-27(26)42-3)30(39)37-15-13-36(14-16-37)23-8-6-9-24(18-23)41-2/h5-12,17-18,30H,4,13-16,19-20H2,1-3H3. The van der Waals surface area contributed by atoms with Gasteiger partial charge in [-0.15, -0.1) is 0 Å². The summed E-state index contributed by atoms with van der Waals surface area (Å²) in [4.78, 5) is 20.5. The fraction of sp³-hybridized carbons (Fsp3) is 0.387. The number of para-hydroxylation sites is 1. The van der Waals surface area contributed by atoms with Crippen LogP contribution in [0.3, 0.4) is 0 Å². The van der Waals surface area contributed by atoms with Gasteiger partial charge in [0.1, 0.15) is 23.9 Å². The molecule has 0 spiro atoms. The maximum Gasteiger partial charge on any atom is 0.416 e. The molecule has 5 rings (SSSR count). The van der Waals surface area contributed by atoms with E-state index in [1.807, 2.05) is 29.2 Å². The number of carbonyl (C=O) groups excluding carboxylic acids is 1. The number of methoxy groups -OCH3 is 2. The van der Waals surface area contributed by atoms with Gasteiger partial charge in [-0.2, -0.15) is 13.2 Å². The highest BCUT2D eigenvalue weighted by molar-refractivity contribution is 5.78. The fourth-order valence-corrected chi connectivity index (χ4v) is 5.78. The largest absolute Gasteiger partial charge is 0.497 e. The topological polar surface area (TPSA) is 57.7 Å². The first kappa shape index (κ1) is 30.3. The highest BCUT2D eigenvalue weighted by atomic mass is 19.4. The van der Waals surface area contributed by atoms with Gasteiger partial charge in [0.25, 0.3) is 0 Å². The summed E-state index contributed by atoms with van der Waals surface area (Å²) in [5, 5.41) is 0. The van der Waals surface area contributed by atoms with Gasteiger partial charge in [0.15, 0.2) is 6.29 Å². The molecule has 0 radical (unpaired) electrons. The molecule has 1 atom stereocenters. The molecule has 43 heavy (non-hydrogen) atoms. The van der Waals surface area contributed by atoms with Crippen molar-refractivity contribution in [2.75, 3.05) is 68.2 Å². The van der Waals surface area contributed by atoms with Gasteiger partial charge in [-0.25, -0.2) is 4.39 Å². The van der Waals surface area contributed by atoms with Gasteiger partial charge >= 0.3 is 12.1 Å². The number of rotatable bonds is 8. The summed E-state index contributed by atoms with van der Waals surface area (Å²) < 4.78 is 73.4. The number of piperazine rings is 1. The number of benzene rings is 3. The first-order valence-corrected chi connectivity index (χ1v) is 14.0. The summed E-state index contributed by atoms with van der Waals surface area (Å²) >= 11 is 0. The molecule has 12 heteroatoms. The van der Waals surface area contributed by atoms with E-state index >= 15 is 4.39 Å². The van der Waals surface area contributed by atoms with Crippen molar-refractivity contribution >= 4 is 23.0 Å². The number of fused-ring (bicyclic) bond motifs is 1. The molecule has 2 aliphatic rings. The van der Waals surface area contributed by atoms with Crippen LogP contribution in [-0.2, 0) is 22.3 Å². The first-order valence-electron chi connectivity index (χ1n) is 14.0.